The Balaban J connectivity index is 2.25. The van der Waals surface area contributed by atoms with Crippen molar-refractivity contribution in [1.29, 1.82) is 0 Å². The Hall–Kier alpha value is -0.410. The molecule has 0 spiro atoms. The van der Waals surface area contributed by atoms with Crippen LogP contribution in [0.5, 0.6) is 0 Å². The van der Waals surface area contributed by atoms with Gasteiger partial charge in [-0.1, -0.05) is 13.8 Å². The molecule has 3 heteroatoms. The molecule has 1 aliphatic rings. The number of Topliss-reactive ketones (excluding diaryl/α,β-unsaturated/α-hetero) is 1. The van der Waals surface area contributed by atoms with E-state index in [1.54, 1.807) is 0 Å². The van der Waals surface area contributed by atoms with E-state index < -0.39 is 0 Å². The first kappa shape index (κ1) is 13.7. The van der Waals surface area contributed by atoms with Crippen LogP contribution in [0.4, 0.5) is 0 Å². The molecule has 1 aliphatic heterocycles. The predicted octanol–water partition coefficient (Wildman–Crippen LogP) is 2.14. The summed E-state index contributed by atoms with van der Waals surface area (Å²) in [6, 6.07) is 0. The summed E-state index contributed by atoms with van der Waals surface area (Å²) < 4.78 is 5.51. The number of carbonyl (C=O) groups excluding carboxylic acids is 1. The van der Waals surface area contributed by atoms with Crippen LogP contribution in [0.2, 0.25) is 0 Å². The molecule has 0 aromatic heterocycles. The molecule has 16 heavy (non-hydrogen) atoms. The van der Waals surface area contributed by atoms with Crippen LogP contribution in [0.15, 0.2) is 0 Å². The van der Waals surface area contributed by atoms with Gasteiger partial charge in [0.15, 0.2) is 0 Å². The second-order valence-electron chi connectivity index (χ2n) is 5.20. The van der Waals surface area contributed by atoms with E-state index in [2.05, 4.69) is 13.8 Å². The second-order valence-corrected chi connectivity index (χ2v) is 5.20. The fourth-order valence-electron chi connectivity index (χ4n) is 2.31. The molecule has 0 aromatic carbocycles. The second kappa shape index (κ2) is 7.02. The van der Waals surface area contributed by atoms with E-state index in [4.69, 9.17) is 10.5 Å². The number of rotatable bonds is 7. The van der Waals surface area contributed by atoms with Crippen LogP contribution in [0, 0.1) is 11.8 Å². The van der Waals surface area contributed by atoms with E-state index in [1.807, 2.05) is 0 Å². The Bertz CT molecular complexity index is 210. The molecule has 2 atom stereocenters. The van der Waals surface area contributed by atoms with Gasteiger partial charge >= 0.3 is 0 Å². The van der Waals surface area contributed by atoms with E-state index in [0.717, 1.165) is 32.3 Å². The SMILES string of the molecule is CC(C)CC(CN)C(=O)CCC1CCCO1. The van der Waals surface area contributed by atoms with Crippen molar-refractivity contribution >= 4 is 5.78 Å². The zero-order valence-electron chi connectivity index (χ0n) is 10.6. The highest BCUT2D eigenvalue weighted by atomic mass is 16.5. The van der Waals surface area contributed by atoms with Gasteiger partial charge in [0.05, 0.1) is 6.10 Å². The largest absolute Gasteiger partial charge is 0.378 e. The van der Waals surface area contributed by atoms with Crippen molar-refractivity contribution in [3.05, 3.63) is 0 Å². The number of carbonyl (C=O) groups is 1. The topological polar surface area (TPSA) is 52.3 Å². The van der Waals surface area contributed by atoms with Gasteiger partial charge in [0.1, 0.15) is 5.78 Å². The van der Waals surface area contributed by atoms with Crippen molar-refractivity contribution in [3.8, 4) is 0 Å². The summed E-state index contributed by atoms with van der Waals surface area (Å²) in [5.41, 5.74) is 5.65. The molecule has 1 fully saturated rings. The third-order valence-corrected chi connectivity index (χ3v) is 3.23. The maximum Gasteiger partial charge on any atom is 0.137 e. The first-order valence-corrected chi connectivity index (χ1v) is 6.47. The maximum absolute atomic E-state index is 11.9. The van der Waals surface area contributed by atoms with Crippen LogP contribution in [0.25, 0.3) is 0 Å². The van der Waals surface area contributed by atoms with Gasteiger partial charge < -0.3 is 10.5 Å². The minimum atomic E-state index is 0.0569. The third kappa shape index (κ3) is 4.62. The van der Waals surface area contributed by atoms with Crippen LogP contribution in [-0.2, 0) is 9.53 Å². The van der Waals surface area contributed by atoms with Crippen molar-refractivity contribution in [2.45, 2.75) is 52.1 Å². The van der Waals surface area contributed by atoms with E-state index in [-0.39, 0.29) is 5.92 Å². The van der Waals surface area contributed by atoms with Gasteiger partial charge in [-0.2, -0.15) is 0 Å². The van der Waals surface area contributed by atoms with Crippen molar-refractivity contribution in [1.82, 2.24) is 0 Å². The number of hydrogen-bond acceptors (Lipinski definition) is 3. The zero-order chi connectivity index (χ0) is 12.0. The summed E-state index contributed by atoms with van der Waals surface area (Å²) in [4.78, 5) is 11.9. The summed E-state index contributed by atoms with van der Waals surface area (Å²) in [6.07, 6.45) is 5.02. The highest BCUT2D eigenvalue weighted by molar-refractivity contribution is 5.81. The lowest BCUT2D eigenvalue weighted by Gasteiger charge is -2.16. The number of ketones is 1. The fourth-order valence-corrected chi connectivity index (χ4v) is 2.31. The van der Waals surface area contributed by atoms with Crippen LogP contribution in [-0.4, -0.2) is 25.0 Å². The van der Waals surface area contributed by atoms with Gasteiger partial charge in [-0.3, -0.25) is 4.79 Å². The lowest BCUT2D eigenvalue weighted by Crippen LogP contribution is -2.26. The Morgan fingerprint density at radius 3 is 2.75 bits per heavy atom. The molecule has 0 bridgehead atoms. The summed E-state index contributed by atoms with van der Waals surface area (Å²) in [7, 11) is 0. The van der Waals surface area contributed by atoms with E-state index in [9.17, 15) is 4.79 Å². The molecule has 94 valence electrons. The minimum Gasteiger partial charge on any atom is -0.378 e. The molecule has 0 radical (unpaired) electrons. The van der Waals surface area contributed by atoms with Gasteiger partial charge in [0, 0.05) is 25.5 Å². The number of nitrogens with two attached hydrogens (primary N) is 1. The van der Waals surface area contributed by atoms with Crippen LogP contribution >= 0.6 is 0 Å². The molecule has 1 heterocycles. The fraction of sp³-hybridized carbons (Fsp3) is 0.923. The van der Waals surface area contributed by atoms with Crippen LogP contribution in [0.3, 0.4) is 0 Å². The highest BCUT2D eigenvalue weighted by Gasteiger charge is 2.21. The summed E-state index contributed by atoms with van der Waals surface area (Å²) >= 11 is 0. The normalized spacial score (nSPS) is 22.6. The molecule has 2 N–H and O–H groups in total. The standard InChI is InChI=1S/C13H25NO2/c1-10(2)8-11(9-14)13(15)6-5-12-4-3-7-16-12/h10-12H,3-9,14H2,1-2H3. The molecule has 3 nitrogen and oxygen atoms in total. The first-order valence-electron chi connectivity index (χ1n) is 6.47. The minimum absolute atomic E-state index is 0.0569. The molecule has 0 amide bonds. The third-order valence-electron chi connectivity index (χ3n) is 3.23. The molecule has 0 saturated carbocycles. The monoisotopic (exact) mass is 227 g/mol. The van der Waals surface area contributed by atoms with Crippen molar-refractivity contribution < 1.29 is 9.53 Å². The number of ether oxygens (including phenoxy) is 1. The lowest BCUT2D eigenvalue weighted by molar-refractivity contribution is -0.123. The van der Waals surface area contributed by atoms with Crippen LogP contribution in [0.1, 0.15) is 46.0 Å². The van der Waals surface area contributed by atoms with Gasteiger partial charge in [-0.15, -0.1) is 0 Å². The molecule has 0 aliphatic carbocycles. The molecular formula is C13H25NO2. The average Bonchev–Trinajstić information content (AvgIpc) is 2.75. The van der Waals surface area contributed by atoms with E-state index in [0.29, 0.717) is 30.8 Å². The van der Waals surface area contributed by atoms with Crippen molar-refractivity contribution in [2.24, 2.45) is 17.6 Å². The molecule has 1 rings (SSSR count). The Kier molecular flexibility index (Phi) is 5.99. The summed E-state index contributed by atoms with van der Waals surface area (Å²) in [5, 5.41) is 0. The molecule has 2 unspecified atom stereocenters. The Morgan fingerprint density at radius 1 is 1.50 bits per heavy atom. The van der Waals surface area contributed by atoms with Crippen molar-refractivity contribution in [2.75, 3.05) is 13.2 Å². The molecule has 1 saturated heterocycles. The molecular weight excluding hydrogens is 202 g/mol. The lowest BCUT2D eigenvalue weighted by atomic mass is 9.90. The predicted molar refractivity (Wildman–Crippen MR) is 65.2 cm³/mol. The Labute approximate surface area is 98.7 Å². The van der Waals surface area contributed by atoms with Gasteiger partial charge in [-0.05, 0) is 31.6 Å². The van der Waals surface area contributed by atoms with E-state index in [1.165, 1.54) is 0 Å². The molecule has 0 aromatic rings. The van der Waals surface area contributed by atoms with E-state index >= 15 is 0 Å². The average molecular weight is 227 g/mol. The zero-order valence-corrected chi connectivity index (χ0v) is 10.6. The summed E-state index contributed by atoms with van der Waals surface area (Å²) in [6.45, 7) is 5.62. The van der Waals surface area contributed by atoms with Crippen LogP contribution < -0.4 is 5.73 Å². The van der Waals surface area contributed by atoms with Crippen molar-refractivity contribution in [3.63, 3.8) is 0 Å². The summed E-state index contributed by atoms with van der Waals surface area (Å²) in [5.74, 6) is 0.924. The quantitative estimate of drug-likeness (QED) is 0.725. The number of hydrogen-bond donors (Lipinski definition) is 1. The van der Waals surface area contributed by atoms with Gasteiger partial charge in [0.2, 0.25) is 0 Å². The highest BCUT2D eigenvalue weighted by Crippen LogP contribution is 2.20. The first-order chi connectivity index (χ1) is 7.63. The Morgan fingerprint density at radius 2 is 2.25 bits per heavy atom. The maximum atomic E-state index is 11.9. The smallest absolute Gasteiger partial charge is 0.137 e. The van der Waals surface area contributed by atoms with Gasteiger partial charge in [0.25, 0.3) is 0 Å². The van der Waals surface area contributed by atoms with Gasteiger partial charge in [-0.25, -0.2) is 0 Å².